The van der Waals surface area contributed by atoms with E-state index in [0.717, 1.165) is 25.8 Å². The molecule has 1 heterocycles. The van der Waals surface area contributed by atoms with E-state index in [1.807, 2.05) is 63.3 Å². The van der Waals surface area contributed by atoms with Crippen molar-refractivity contribution in [3.8, 4) is 0 Å². The molecule has 0 spiro atoms. The van der Waals surface area contributed by atoms with Crippen LogP contribution in [0, 0.1) is 0 Å². The number of esters is 1. The van der Waals surface area contributed by atoms with Crippen molar-refractivity contribution in [2.75, 3.05) is 13.2 Å². The van der Waals surface area contributed by atoms with E-state index >= 15 is 0 Å². The molecule has 0 atom stereocenters. The Morgan fingerprint density at radius 3 is 2.35 bits per heavy atom. The topological polar surface area (TPSA) is 55.4 Å². The summed E-state index contributed by atoms with van der Waals surface area (Å²) in [6.07, 6.45) is 6.92. The van der Waals surface area contributed by atoms with Gasteiger partial charge >= 0.3 is 5.97 Å². The molecule has 0 unspecified atom stereocenters. The molecular weight excluding hydrogens is 290 g/mol. The van der Waals surface area contributed by atoms with Gasteiger partial charge in [-0.15, -0.1) is 0 Å². The van der Waals surface area contributed by atoms with Crippen LogP contribution >= 0.6 is 0 Å². The lowest BCUT2D eigenvalue weighted by molar-refractivity contribution is -0.143. The molecule has 1 fully saturated rings. The van der Waals surface area contributed by atoms with Crippen LogP contribution in [0.2, 0.25) is 0 Å². The van der Waals surface area contributed by atoms with Crippen LogP contribution in [0.25, 0.3) is 6.08 Å². The number of ether oxygens (including phenoxy) is 1. The highest BCUT2D eigenvalue weighted by atomic mass is 16.5. The molecule has 1 aliphatic heterocycles. The third-order valence-corrected chi connectivity index (χ3v) is 2.79. The van der Waals surface area contributed by atoms with Crippen LogP contribution in [0.3, 0.4) is 0 Å². The quantitative estimate of drug-likeness (QED) is 0.490. The van der Waals surface area contributed by atoms with Crippen molar-refractivity contribution in [1.82, 2.24) is 5.32 Å². The van der Waals surface area contributed by atoms with Crippen LogP contribution in [-0.4, -0.2) is 25.0 Å². The average Bonchev–Trinajstić information content (AvgIpc) is 2.56. The Kier molecular flexibility index (Phi) is 13.5. The molecule has 0 saturated carbocycles. The summed E-state index contributed by atoms with van der Waals surface area (Å²) in [6, 6.07) is 10.1. The summed E-state index contributed by atoms with van der Waals surface area (Å²) < 4.78 is 5.03. The molecule has 1 amide bonds. The maximum Gasteiger partial charge on any atom is 0.305 e. The smallest absolute Gasteiger partial charge is 0.305 e. The minimum Gasteiger partial charge on any atom is -0.465 e. The lowest BCUT2D eigenvalue weighted by Crippen LogP contribution is -2.37. The van der Waals surface area contributed by atoms with E-state index in [0.29, 0.717) is 13.0 Å². The zero-order valence-corrected chi connectivity index (χ0v) is 14.5. The minimum absolute atomic E-state index is 0.101. The molecule has 0 aromatic heterocycles. The third kappa shape index (κ3) is 12.2. The second kappa shape index (κ2) is 14.8. The van der Waals surface area contributed by atoms with Gasteiger partial charge in [-0.2, -0.15) is 0 Å². The fourth-order valence-electron chi connectivity index (χ4n) is 1.53. The number of hydrogen-bond acceptors (Lipinski definition) is 3. The van der Waals surface area contributed by atoms with Crippen LogP contribution in [0.4, 0.5) is 0 Å². The highest BCUT2D eigenvalue weighted by Crippen LogP contribution is 2.02. The van der Waals surface area contributed by atoms with Crippen molar-refractivity contribution >= 4 is 18.0 Å². The average molecular weight is 319 g/mol. The molecule has 1 aromatic rings. The van der Waals surface area contributed by atoms with Crippen LogP contribution < -0.4 is 5.32 Å². The predicted molar refractivity (Wildman–Crippen MR) is 94.9 cm³/mol. The maximum absolute atomic E-state index is 11.0. The van der Waals surface area contributed by atoms with E-state index in [-0.39, 0.29) is 11.9 Å². The van der Waals surface area contributed by atoms with Gasteiger partial charge in [0.2, 0.25) is 5.91 Å². The Labute approximate surface area is 139 Å². The molecule has 1 saturated heterocycles. The zero-order chi connectivity index (χ0) is 17.3. The Bertz CT molecular complexity index is 449. The lowest BCUT2D eigenvalue weighted by Gasteiger charge is -2.10. The minimum atomic E-state index is -0.101. The van der Waals surface area contributed by atoms with Crippen molar-refractivity contribution in [3.05, 3.63) is 42.0 Å². The highest BCUT2D eigenvalue weighted by molar-refractivity contribution is 5.81. The fourth-order valence-corrected chi connectivity index (χ4v) is 1.53. The van der Waals surface area contributed by atoms with E-state index in [4.69, 9.17) is 4.74 Å². The van der Waals surface area contributed by atoms with Crippen molar-refractivity contribution in [1.29, 1.82) is 0 Å². The molecule has 0 aliphatic carbocycles. The standard InChI is InChI=1S/C14H18O2.C3H5NO.C2H6/c1-2-8-14(15)16-12-7-6-11-13-9-4-3-5-10-13;5-3-1-2-4-3;1-2/h3-6,9-11H,2,7-8,12H2,1H3;1-2H2,(H,4,5);1-2H3/b11-6-;;. The molecule has 128 valence electrons. The number of nitrogens with one attached hydrogen (secondary N) is 1. The SMILES string of the molecule is CC.CCCC(=O)OCC/C=C\c1ccccc1.O=C1CCN1. The largest absolute Gasteiger partial charge is 0.465 e. The lowest BCUT2D eigenvalue weighted by atomic mass is 10.2. The summed E-state index contributed by atoms with van der Waals surface area (Å²) in [6.45, 7) is 7.33. The molecule has 1 N–H and O–H groups in total. The van der Waals surface area contributed by atoms with E-state index in [9.17, 15) is 9.59 Å². The van der Waals surface area contributed by atoms with Gasteiger partial charge < -0.3 is 10.1 Å². The van der Waals surface area contributed by atoms with Crippen molar-refractivity contribution in [2.24, 2.45) is 0 Å². The second-order valence-electron chi connectivity index (χ2n) is 4.67. The first kappa shape index (κ1) is 20.9. The summed E-state index contributed by atoms with van der Waals surface area (Å²) in [5.74, 6) is 0.0839. The normalized spacial score (nSPS) is 12.0. The molecule has 2 rings (SSSR count). The molecule has 0 radical (unpaired) electrons. The maximum atomic E-state index is 11.0. The number of carbonyl (C=O) groups is 2. The Morgan fingerprint density at radius 2 is 1.87 bits per heavy atom. The Balaban J connectivity index is 0.000000574. The summed E-state index contributed by atoms with van der Waals surface area (Å²) in [5, 5.41) is 2.57. The summed E-state index contributed by atoms with van der Waals surface area (Å²) in [4.78, 5) is 20.8. The van der Waals surface area contributed by atoms with E-state index < -0.39 is 0 Å². The third-order valence-electron chi connectivity index (χ3n) is 2.79. The fraction of sp³-hybridized carbons (Fsp3) is 0.474. The molecule has 0 bridgehead atoms. The molecule has 1 aromatic carbocycles. The molecule has 4 heteroatoms. The number of rotatable bonds is 6. The molecular formula is C19H29NO3. The predicted octanol–water partition coefficient (Wildman–Crippen LogP) is 3.97. The molecule has 4 nitrogen and oxygen atoms in total. The van der Waals surface area contributed by atoms with Crippen molar-refractivity contribution < 1.29 is 14.3 Å². The van der Waals surface area contributed by atoms with Gasteiger partial charge in [-0.1, -0.05) is 63.3 Å². The van der Waals surface area contributed by atoms with Crippen molar-refractivity contribution in [2.45, 2.75) is 46.5 Å². The number of amides is 1. The summed E-state index contributed by atoms with van der Waals surface area (Å²) in [7, 11) is 0. The number of β-lactam (4-membered cyclic amide) rings is 1. The summed E-state index contributed by atoms with van der Waals surface area (Å²) in [5.41, 5.74) is 1.17. The molecule has 1 aliphatic rings. The van der Waals surface area contributed by atoms with Crippen molar-refractivity contribution in [3.63, 3.8) is 0 Å². The van der Waals surface area contributed by atoms with Crippen LogP contribution in [0.5, 0.6) is 0 Å². The van der Waals surface area contributed by atoms with Gasteiger partial charge in [-0.05, 0) is 18.4 Å². The van der Waals surface area contributed by atoms with Gasteiger partial charge in [0, 0.05) is 19.4 Å². The number of hydrogen-bond donors (Lipinski definition) is 1. The first-order valence-electron chi connectivity index (χ1n) is 8.36. The van der Waals surface area contributed by atoms with E-state index in [2.05, 4.69) is 5.32 Å². The van der Waals surface area contributed by atoms with Crippen LogP contribution in [0.15, 0.2) is 36.4 Å². The molecule has 23 heavy (non-hydrogen) atoms. The van der Waals surface area contributed by atoms with Crippen LogP contribution in [0.1, 0.15) is 52.0 Å². The van der Waals surface area contributed by atoms with Gasteiger partial charge in [0.15, 0.2) is 0 Å². The van der Waals surface area contributed by atoms with Crippen LogP contribution in [-0.2, 0) is 14.3 Å². The number of benzene rings is 1. The van der Waals surface area contributed by atoms with Gasteiger partial charge in [-0.25, -0.2) is 0 Å². The monoisotopic (exact) mass is 319 g/mol. The first-order valence-corrected chi connectivity index (χ1v) is 8.36. The Morgan fingerprint density at radius 1 is 1.26 bits per heavy atom. The Hall–Kier alpha value is -2.10. The van der Waals surface area contributed by atoms with Gasteiger partial charge in [-0.3, -0.25) is 9.59 Å². The van der Waals surface area contributed by atoms with Gasteiger partial charge in [0.25, 0.3) is 0 Å². The van der Waals surface area contributed by atoms with Gasteiger partial charge in [0.05, 0.1) is 6.61 Å². The zero-order valence-electron chi connectivity index (χ0n) is 14.5. The number of carbonyl (C=O) groups excluding carboxylic acids is 2. The van der Waals surface area contributed by atoms with Gasteiger partial charge in [0.1, 0.15) is 0 Å². The van der Waals surface area contributed by atoms with E-state index in [1.54, 1.807) is 0 Å². The van der Waals surface area contributed by atoms with E-state index in [1.165, 1.54) is 5.56 Å². The summed E-state index contributed by atoms with van der Waals surface area (Å²) >= 11 is 0. The second-order valence-corrected chi connectivity index (χ2v) is 4.67. The first-order chi connectivity index (χ1) is 11.2. The highest BCUT2D eigenvalue weighted by Gasteiger charge is 2.07.